The van der Waals surface area contributed by atoms with Gasteiger partial charge in [-0.1, -0.05) is 131 Å². The fraction of sp³-hybridized carbons (Fsp3) is 0.767. The molecule has 0 aliphatic rings. The molecule has 0 unspecified atom stereocenters. The summed E-state index contributed by atoms with van der Waals surface area (Å²) < 4.78 is 5.46. The van der Waals surface area contributed by atoms with Gasteiger partial charge in [0.2, 0.25) is 0 Å². The second kappa shape index (κ2) is 15.8. The summed E-state index contributed by atoms with van der Waals surface area (Å²) in [5.41, 5.74) is 4.27. The van der Waals surface area contributed by atoms with Gasteiger partial charge in [-0.2, -0.15) is 0 Å². The van der Waals surface area contributed by atoms with Crippen molar-refractivity contribution >= 4 is 17.7 Å². The minimum atomic E-state index is -0.0740. The molecule has 1 aromatic rings. The molecule has 0 aromatic heterocycles. The first kappa shape index (κ1) is 30.1. The second-order valence-corrected chi connectivity index (χ2v) is 12.7. The highest BCUT2D eigenvalue weighted by atomic mass is 32.2. The van der Waals surface area contributed by atoms with Crippen molar-refractivity contribution in [2.45, 2.75) is 136 Å². The van der Waals surface area contributed by atoms with Crippen LogP contribution in [0.5, 0.6) is 0 Å². The Morgan fingerprint density at radius 2 is 1.18 bits per heavy atom. The maximum Gasteiger partial charge on any atom is 0.315 e. The van der Waals surface area contributed by atoms with Crippen molar-refractivity contribution in [2.75, 3.05) is 12.4 Å². The van der Waals surface area contributed by atoms with Crippen LogP contribution in [0.3, 0.4) is 0 Å². The lowest BCUT2D eigenvalue weighted by molar-refractivity contribution is -0.140. The summed E-state index contributed by atoms with van der Waals surface area (Å²) in [6.45, 7) is 16.4. The van der Waals surface area contributed by atoms with Crippen LogP contribution in [0.2, 0.25) is 0 Å². The van der Waals surface area contributed by atoms with Gasteiger partial charge in [0.1, 0.15) is 0 Å². The highest BCUT2D eigenvalue weighted by Crippen LogP contribution is 2.31. The van der Waals surface area contributed by atoms with Gasteiger partial charge in [-0.15, -0.1) is 11.8 Å². The van der Waals surface area contributed by atoms with E-state index in [2.05, 4.69) is 66.7 Å². The second-order valence-electron chi connectivity index (χ2n) is 11.7. The van der Waals surface area contributed by atoms with Crippen LogP contribution >= 0.6 is 11.8 Å². The van der Waals surface area contributed by atoms with Gasteiger partial charge < -0.3 is 4.74 Å². The van der Waals surface area contributed by atoms with Crippen LogP contribution in [-0.4, -0.2) is 18.3 Å². The smallest absolute Gasteiger partial charge is 0.315 e. The number of ether oxygens (including phenoxy) is 1. The lowest BCUT2D eigenvalue weighted by Gasteiger charge is -2.26. The summed E-state index contributed by atoms with van der Waals surface area (Å²) in [6.07, 6.45) is 14.4. The number of carbonyl (C=O) groups excluding carboxylic acids is 1. The van der Waals surface area contributed by atoms with E-state index < -0.39 is 0 Å². The fourth-order valence-corrected chi connectivity index (χ4v) is 4.64. The van der Waals surface area contributed by atoms with Crippen LogP contribution in [-0.2, 0) is 26.1 Å². The van der Waals surface area contributed by atoms with Crippen LogP contribution in [0, 0.1) is 0 Å². The van der Waals surface area contributed by atoms with Crippen LogP contribution in [0.1, 0.15) is 136 Å². The van der Waals surface area contributed by atoms with Gasteiger partial charge in [0, 0.05) is 5.75 Å². The van der Waals surface area contributed by atoms with Crippen molar-refractivity contribution < 1.29 is 9.53 Å². The van der Waals surface area contributed by atoms with Crippen LogP contribution < -0.4 is 0 Å². The van der Waals surface area contributed by atoms with Gasteiger partial charge in [-0.3, -0.25) is 4.79 Å². The van der Waals surface area contributed by atoms with Crippen LogP contribution in [0.15, 0.2) is 18.2 Å². The first-order chi connectivity index (χ1) is 15.5. The number of hydrogen-bond acceptors (Lipinski definition) is 3. The molecule has 0 saturated carbocycles. The zero-order valence-corrected chi connectivity index (χ0v) is 23.7. The molecule has 1 rings (SSSR count). The topological polar surface area (TPSA) is 26.3 Å². The van der Waals surface area contributed by atoms with Crippen LogP contribution in [0.25, 0.3) is 0 Å². The molecule has 33 heavy (non-hydrogen) atoms. The van der Waals surface area contributed by atoms with E-state index in [4.69, 9.17) is 4.74 Å². The molecule has 0 N–H and O–H groups in total. The average molecular weight is 477 g/mol. The first-order valence-electron chi connectivity index (χ1n) is 13.4. The number of hydrogen-bond donors (Lipinski definition) is 0. The summed E-state index contributed by atoms with van der Waals surface area (Å²) in [5, 5.41) is 0. The summed E-state index contributed by atoms with van der Waals surface area (Å²) in [7, 11) is 0. The van der Waals surface area contributed by atoms with E-state index >= 15 is 0 Å². The normalized spacial score (nSPS) is 12.2. The molecule has 0 heterocycles. The lowest BCUT2D eigenvalue weighted by atomic mass is 9.80. The molecule has 0 aliphatic carbocycles. The maximum atomic E-state index is 12.1. The molecule has 1 aromatic carbocycles. The number of rotatable bonds is 16. The van der Waals surface area contributed by atoms with Gasteiger partial charge in [-0.05, 0) is 33.9 Å². The Morgan fingerprint density at radius 1 is 0.727 bits per heavy atom. The van der Waals surface area contributed by atoms with Gasteiger partial charge in [-0.25, -0.2) is 0 Å². The molecule has 0 fully saturated rings. The standard InChI is InChI=1S/C30H52O2S/c1-8-9-10-11-12-13-14-15-16-17-18-19-32-28(31)24-33-23-25-20-26(29(2,3)4)22-27(21-25)30(5,6)7/h20-22H,8-19,23-24H2,1-7H3. The molecule has 190 valence electrons. The Morgan fingerprint density at radius 3 is 1.64 bits per heavy atom. The number of esters is 1. The van der Waals surface area contributed by atoms with E-state index in [0.29, 0.717) is 12.4 Å². The number of benzene rings is 1. The Labute approximate surface area is 210 Å². The fourth-order valence-electron chi connectivity index (χ4n) is 3.89. The summed E-state index contributed by atoms with van der Waals surface area (Å²) >= 11 is 1.66. The lowest BCUT2D eigenvalue weighted by Crippen LogP contribution is -2.17. The number of carbonyl (C=O) groups is 1. The SMILES string of the molecule is CCCCCCCCCCCCCOC(=O)CSCc1cc(C(C)(C)C)cc(C(C)(C)C)c1. The van der Waals surface area contributed by atoms with Crippen molar-refractivity contribution in [3.8, 4) is 0 Å². The molecule has 0 spiro atoms. The van der Waals surface area contributed by atoms with Crippen LogP contribution in [0.4, 0.5) is 0 Å². The Kier molecular flexibility index (Phi) is 14.4. The predicted octanol–water partition coefficient (Wildman–Crippen LogP) is 9.37. The van der Waals surface area contributed by atoms with Crippen molar-refractivity contribution in [3.63, 3.8) is 0 Å². The zero-order valence-electron chi connectivity index (χ0n) is 22.9. The Hall–Kier alpha value is -0.960. The van der Waals surface area contributed by atoms with Crippen molar-refractivity contribution in [2.24, 2.45) is 0 Å². The highest BCUT2D eigenvalue weighted by Gasteiger charge is 2.20. The van der Waals surface area contributed by atoms with Gasteiger partial charge in [0.05, 0.1) is 12.4 Å². The summed E-state index contributed by atoms with van der Waals surface area (Å²) in [4.78, 5) is 12.1. The first-order valence-corrected chi connectivity index (χ1v) is 14.6. The van der Waals surface area contributed by atoms with E-state index in [1.807, 2.05) is 0 Å². The summed E-state index contributed by atoms with van der Waals surface area (Å²) in [5.74, 6) is 1.21. The third kappa shape index (κ3) is 14.1. The van der Waals surface area contributed by atoms with Crippen molar-refractivity contribution in [1.82, 2.24) is 0 Å². The monoisotopic (exact) mass is 476 g/mol. The molecule has 0 radical (unpaired) electrons. The van der Waals surface area contributed by atoms with Gasteiger partial charge >= 0.3 is 5.97 Å². The van der Waals surface area contributed by atoms with Gasteiger partial charge in [0.15, 0.2) is 0 Å². The van der Waals surface area contributed by atoms with E-state index in [0.717, 1.165) is 12.2 Å². The minimum absolute atomic E-state index is 0.0740. The van der Waals surface area contributed by atoms with Gasteiger partial charge in [0.25, 0.3) is 0 Å². The minimum Gasteiger partial charge on any atom is -0.465 e. The molecule has 3 heteroatoms. The molecule has 0 amide bonds. The maximum absolute atomic E-state index is 12.1. The van der Waals surface area contributed by atoms with E-state index in [1.54, 1.807) is 11.8 Å². The molecular formula is C30H52O2S. The van der Waals surface area contributed by atoms with E-state index in [9.17, 15) is 4.79 Å². The third-order valence-electron chi connectivity index (χ3n) is 6.22. The summed E-state index contributed by atoms with van der Waals surface area (Å²) in [6, 6.07) is 6.95. The molecule has 0 saturated heterocycles. The average Bonchev–Trinajstić information content (AvgIpc) is 2.73. The molecule has 2 nitrogen and oxygen atoms in total. The zero-order chi connectivity index (χ0) is 24.7. The molecule has 0 aliphatic heterocycles. The number of thioether (sulfide) groups is 1. The predicted molar refractivity (Wildman–Crippen MR) is 147 cm³/mol. The number of unbranched alkanes of at least 4 members (excludes halogenated alkanes) is 10. The quantitative estimate of drug-likeness (QED) is 0.175. The third-order valence-corrected chi connectivity index (χ3v) is 7.20. The molecular weight excluding hydrogens is 424 g/mol. The molecule has 0 atom stereocenters. The molecule has 0 bridgehead atoms. The van der Waals surface area contributed by atoms with Crippen molar-refractivity contribution in [3.05, 3.63) is 34.9 Å². The van der Waals surface area contributed by atoms with Crippen molar-refractivity contribution in [1.29, 1.82) is 0 Å². The highest BCUT2D eigenvalue weighted by molar-refractivity contribution is 7.99. The largest absolute Gasteiger partial charge is 0.465 e. The Balaban J connectivity index is 2.21. The van der Waals surface area contributed by atoms with E-state index in [1.165, 1.54) is 80.9 Å². The van der Waals surface area contributed by atoms with E-state index in [-0.39, 0.29) is 16.8 Å². The Bertz CT molecular complexity index is 635.